The highest BCUT2D eigenvalue weighted by atomic mass is 32.1. The lowest BCUT2D eigenvalue weighted by molar-refractivity contribution is -0.139. The van der Waals surface area contributed by atoms with E-state index in [-0.39, 0.29) is 5.41 Å². The molecule has 2 aromatic heterocycles. The van der Waals surface area contributed by atoms with Crippen molar-refractivity contribution in [3.8, 4) is 0 Å². The fourth-order valence-corrected chi connectivity index (χ4v) is 4.88. The Hall–Kier alpha value is -1.73. The van der Waals surface area contributed by atoms with Crippen LogP contribution in [0, 0.1) is 12.3 Å². The van der Waals surface area contributed by atoms with Gasteiger partial charge in [0, 0.05) is 43.8 Å². The standard InChI is InChI=1S/C18H25N5OS/c1-14-20-16(12-25-14)11-23-7-5-18(17(23)24)4-3-6-22(13-18)10-15-8-19-21(2)9-15/h8-9,12H,3-7,10-11,13H2,1-2H3/t18-/m0/s1. The van der Waals surface area contributed by atoms with E-state index in [0.717, 1.165) is 56.1 Å². The van der Waals surface area contributed by atoms with Crippen LogP contribution in [0.1, 0.15) is 35.5 Å². The van der Waals surface area contributed by atoms with Crippen molar-refractivity contribution in [2.75, 3.05) is 19.6 Å². The zero-order valence-corrected chi connectivity index (χ0v) is 15.8. The van der Waals surface area contributed by atoms with Crippen molar-refractivity contribution < 1.29 is 4.79 Å². The fourth-order valence-electron chi connectivity index (χ4n) is 4.27. The van der Waals surface area contributed by atoms with Crippen LogP contribution in [0.15, 0.2) is 17.8 Å². The third-order valence-corrected chi connectivity index (χ3v) is 6.26. The van der Waals surface area contributed by atoms with Crippen LogP contribution in [0.4, 0.5) is 0 Å². The second kappa shape index (κ2) is 6.53. The number of amides is 1. The van der Waals surface area contributed by atoms with E-state index < -0.39 is 0 Å². The Morgan fingerprint density at radius 3 is 2.88 bits per heavy atom. The van der Waals surface area contributed by atoms with Gasteiger partial charge in [-0.15, -0.1) is 11.3 Å². The van der Waals surface area contributed by atoms with Gasteiger partial charge in [0.25, 0.3) is 0 Å². The van der Waals surface area contributed by atoms with Crippen molar-refractivity contribution in [3.63, 3.8) is 0 Å². The highest BCUT2D eigenvalue weighted by molar-refractivity contribution is 7.09. The van der Waals surface area contributed by atoms with Crippen LogP contribution < -0.4 is 0 Å². The Labute approximate surface area is 152 Å². The maximum absolute atomic E-state index is 13.2. The Morgan fingerprint density at radius 2 is 2.16 bits per heavy atom. The lowest BCUT2D eigenvalue weighted by Crippen LogP contribution is -2.47. The second-order valence-corrected chi connectivity index (χ2v) is 8.51. The first kappa shape index (κ1) is 16.7. The second-order valence-electron chi connectivity index (χ2n) is 7.45. The van der Waals surface area contributed by atoms with Gasteiger partial charge in [-0.1, -0.05) is 0 Å². The molecule has 0 saturated carbocycles. The van der Waals surface area contributed by atoms with Crippen molar-refractivity contribution in [2.45, 2.75) is 39.3 Å². The molecule has 0 unspecified atom stereocenters. The molecule has 25 heavy (non-hydrogen) atoms. The van der Waals surface area contributed by atoms with Gasteiger partial charge in [0.15, 0.2) is 0 Å². The van der Waals surface area contributed by atoms with Crippen LogP contribution in [0.5, 0.6) is 0 Å². The topological polar surface area (TPSA) is 54.3 Å². The predicted octanol–water partition coefficient (Wildman–Crippen LogP) is 2.20. The van der Waals surface area contributed by atoms with Crippen LogP contribution in [0.2, 0.25) is 0 Å². The lowest BCUT2D eigenvalue weighted by atomic mass is 9.78. The van der Waals surface area contributed by atoms with Gasteiger partial charge in [0.2, 0.25) is 5.91 Å². The van der Waals surface area contributed by atoms with Crippen molar-refractivity contribution >= 4 is 17.2 Å². The predicted molar refractivity (Wildman–Crippen MR) is 97.0 cm³/mol. The van der Waals surface area contributed by atoms with Crippen molar-refractivity contribution in [2.24, 2.45) is 12.5 Å². The van der Waals surface area contributed by atoms with Gasteiger partial charge in [-0.3, -0.25) is 14.4 Å². The largest absolute Gasteiger partial charge is 0.336 e. The molecule has 2 aromatic rings. The molecule has 2 aliphatic rings. The Kier molecular flexibility index (Phi) is 4.37. The van der Waals surface area contributed by atoms with E-state index in [1.807, 2.05) is 29.7 Å². The molecule has 0 radical (unpaired) electrons. The minimum absolute atomic E-state index is 0.189. The molecule has 1 spiro atoms. The van der Waals surface area contributed by atoms with Gasteiger partial charge in [0.1, 0.15) is 0 Å². The third kappa shape index (κ3) is 3.35. The number of hydrogen-bond donors (Lipinski definition) is 0. The van der Waals surface area contributed by atoms with E-state index in [1.165, 1.54) is 5.56 Å². The minimum atomic E-state index is -0.189. The Morgan fingerprint density at radius 1 is 1.28 bits per heavy atom. The smallest absolute Gasteiger partial charge is 0.230 e. The molecular formula is C18H25N5OS. The molecule has 1 atom stereocenters. The van der Waals surface area contributed by atoms with E-state index >= 15 is 0 Å². The first-order valence-electron chi connectivity index (χ1n) is 8.94. The SMILES string of the molecule is Cc1nc(CN2CC[C@]3(CCCN(Cc4cnn(C)c4)C3)C2=O)cs1. The third-order valence-electron chi connectivity index (χ3n) is 5.44. The van der Waals surface area contributed by atoms with Crippen LogP contribution in [-0.4, -0.2) is 50.1 Å². The molecule has 2 fully saturated rings. The van der Waals surface area contributed by atoms with E-state index in [9.17, 15) is 4.79 Å². The summed E-state index contributed by atoms with van der Waals surface area (Å²) in [6, 6.07) is 0. The molecule has 2 saturated heterocycles. The van der Waals surface area contributed by atoms with Crippen LogP contribution in [-0.2, 0) is 24.9 Å². The summed E-state index contributed by atoms with van der Waals surface area (Å²) in [6.45, 7) is 6.35. The molecule has 134 valence electrons. The molecule has 0 bridgehead atoms. The molecule has 6 nitrogen and oxygen atoms in total. The molecular weight excluding hydrogens is 334 g/mol. The Balaban J connectivity index is 1.43. The number of carbonyl (C=O) groups is 1. The van der Waals surface area contributed by atoms with Gasteiger partial charge in [-0.25, -0.2) is 4.98 Å². The van der Waals surface area contributed by atoms with E-state index in [4.69, 9.17) is 0 Å². The molecule has 2 aliphatic heterocycles. The first-order chi connectivity index (χ1) is 12.0. The fraction of sp³-hybridized carbons (Fsp3) is 0.611. The van der Waals surface area contributed by atoms with Crippen LogP contribution in [0.25, 0.3) is 0 Å². The van der Waals surface area contributed by atoms with Gasteiger partial charge in [0.05, 0.1) is 28.9 Å². The summed E-state index contributed by atoms with van der Waals surface area (Å²) in [5.41, 5.74) is 2.06. The Bertz CT molecular complexity index is 769. The number of piperidine rings is 1. The number of rotatable bonds is 4. The number of nitrogens with zero attached hydrogens (tertiary/aromatic N) is 5. The average Bonchev–Trinajstić information content (AvgIpc) is 3.25. The van der Waals surface area contributed by atoms with Crippen LogP contribution >= 0.6 is 11.3 Å². The van der Waals surface area contributed by atoms with Gasteiger partial charge in [-0.2, -0.15) is 5.10 Å². The highest BCUT2D eigenvalue weighted by Gasteiger charge is 2.48. The summed E-state index contributed by atoms with van der Waals surface area (Å²) in [5.74, 6) is 0.328. The van der Waals surface area contributed by atoms with Gasteiger partial charge < -0.3 is 4.90 Å². The minimum Gasteiger partial charge on any atom is -0.336 e. The molecule has 0 aliphatic carbocycles. The van der Waals surface area contributed by atoms with E-state index in [2.05, 4.69) is 26.6 Å². The molecule has 4 rings (SSSR count). The molecule has 0 N–H and O–H groups in total. The van der Waals surface area contributed by atoms with Gasteiger partial charge in [-0.05, 0) is 32.7 Å². The summed E-state index contributed by atoms with van der Waals surface area (Å²) in [6.07, 6.45) is 7.07. The maximum Gasteiger partial charge on any atom is 0.230 e. The number of aromatic nitrogens is 3. The summed E-state index contributed by atoms with van der Waals surface area (Å²) >= 11 is 1.65. The number of likely N-dealkylation sites (tertiary alicyclic amines) is 2. The van der Waals surface area contributed by atoms with Gasteiger partial charge >= 0.3 is 0 Å². The molecule has 0 aromatic carbocycles. The zero-order chi connectivity index (χ0) is 17.4. The molecule has 1 amide bonds. The normalized spacial score (nSPS) is 24.6. The quantitative estimate of drug-likeness (QED) is 0.840. The van der Waals surface area contributed by atoms with E-state index in [0.29, 0.717) is 12.5 Å². The summed E-state index contributed by atoms with van der Waals surface area (Å²) in [7, 11) is 1.94. The monoisotopic (exact) mass is 359 g/mol. The summed E-state index contributed by atoms with van der Waals surface area (Å²) in [5, 5.41) is 7.39. The van der Waals surface area contributed by atoms with Crippen molar-refractivity contribution in [1.82, 2.24) is 24.6 Å². The zero-order valence-electron chi connectivity index (χ0n) is 14.9. The lowest BCUT2D eigenvalue weighted by Gasteiger charge is -2.38. The number of aryl methyl sites for hydroxylation is 2. The summed E-state index contributed by atoms with van der Waals surface area (Å²) < 4.78 is 1.84. The van der Waals surface area contributed by atoms with Crippen LogP contribution in [0.3, 0.4) is 0 Å². The maximum atomic E-state index is 13.2. The van der Waals surface area contributed by atoms with Crippen molar-refractivity contribution in [3.05, 3.63) is 34.0 Å². The summed E-state index contributed by atoms with van der Waals surface area (Å²) in [4.78, 5) is 22.1. The number of carbonyl (C=O) groups excluding carboxylic acids is 1. The average molecular weight is 359 g/mol. The van der Waals surface area contributed by atoms with Crippen molar-refractivity contribution in [1.29, 1.82) is 0 Å². The van der Waals surface area contributed by atoms with E-state index in [1.54, 1.807) is 11.3 Å². The number of thiazole rings is 1. The molecule has 4 heterocycles. The molecule has 7 heteroatoms. The highest BCUT2D eigenvalue weighted by Crippen LogP contribution is 2.41. The number of hydrogen-bond acceptors (Lipinski definition) is 5. The first-order valence-corrected chi connectivity index (χ1v) is 9.82.